The maximum atomic E-state index is 6.26. The molecule has 1 fully saturated rings. The van der Waals surface area contributed by atoms with Gasteiger partial charge in [0, 0.05) is 22.0 Å². The van der Waals surface area contributed by atoms with Crippen LogP contribution in [0.3, 0.4) is 0 Å². The van der Waals surface area contributed by atoms with Crippen LogP contribution in [0, 0.1) is 0 Å². The predicted octanol–water partition coefficient (Wildman–Crippen LogP) is 5.97. The molecule has 2 heterocycles. The normalized spacial score (nSPS) is 31.6. The highest BCUT2D eigenvalue weighted by Crippen LogP contribution is 2.49. The van der Waals surface area contributed by atoms with Crippen LogP contribution in [0.25, 0.3) is 0 Å². The van der Waals surface area contributed by atoms with Crippen molar-refractivity contribution in [2.24, 2.45) is 0 Å². The van der Waals surface area contributed by atoms with Crippen molar-refractivity contribution in [3.8, 4) is 0 Å². The first-order chi connectivity index (χ1) is 13.3. The Kier molecular flexibility index (Phi) is 4.31. The van der Waals surface area contributed by atoms with Crippen LogP contribution >= 0.6 is 11.8 Å². The number of allylic oxidation sites excluding steroid dienone is 7. The molecule has 1 saturated heterocycles. The first-order valence-electron chi connectivity index (χ1n) is 10.2. The third-order valence-electron chi connectivity index (χ3n) is 6.79. The Morgan fingerprint density at radius 1 is 1.04 bits per heavy atom. The summed E-state index contributed by atoms with van der Waals surface area (Å²) < 4.78 is 12.5. The molecule has 2 aliphatic heterocycles. The van der Waals surface area contributed by atoms with Crippen LogP contribution in [-0.2, 0) is 9.31 Å². The Morgan fingerprint density at radius 2 is 1.79 bits per heavy atom. The molecule has 3 unspecified atom stereocenters. The van der Waals surface area contributed by atoms with E-state index in [0.717, 1.165) is 11.9 Å². The van der Waals surface area contributed by atoms with E-state index in [1.54, 1.807) is 0 Å². The SMILES string of the molecule is CC1(C)OB(C2=CC(c3ccc4c(c3)SC3C=CC=CC43)CC=C2)OC1(C)C. The van der Waals surface area contributed by atoms with Crippen LogP contribution in [0.15, 0.2) is 71.1 Å². The molecule has 0 aromatic heterocycles. The zero-order chi connectivity index (χ0) is 19.5. The van der Waals surface area contributed by atoms with Crippen LogP contribution in [0.5, 0.6) is 0 Å². The minimum absolute atomic E-state index is 0.286. The summed E-state index contributed by atoms with van der Waals surface area (Å²) in [6.45, 7) is 8.44. The van der Waals surface area contributed by atoms with Gasteiger partial charge in [-0.05, 0) is 56.8 Å². The molecule has 0 radical (unpaired) electrons. The van der Waals surface area contributed by atoms with Crippen molar-refractivity contribution in [3.05, 3.63) is 77.3 Å². The molecule has 3 atom stereocenters. The minimum Gasteiger partial charge on any atom is -0.399 e. The summed E-state index contributed by atoms with van der Waals surface area (Å²) in [7, 11) is -0.286. The van der Waals surface area contributed by atoms with Crippen LogP contribution in [0.4, 0.5) is 0 Å². The van der Waals surface area contributed by atoms with Crippen LogP contribution in [0.2, 0.25) is 0 Å². The second kappa shape index (κ2) is 6.51. The van der Waals surface area contributed by atoms with Gasteiger partial charge in [-0.2, -0.15) is 0 Å². The quantitative estimate of drug-likeness (QED) is 0.580. The predicted molar refractivity (Wildman–Crippen MR) is 118 cm³/mol. The fourth-order valence-electron chi connectivity index (χ4n) is 4.36. The molecule has 0 saturated carbocycles. The summed E-state index contributed by atoms with van der Waals surface area (Å²) in [5.41, 5.74) is 3.39. The van der Waals surface area contributed by atoms with E-state index in [-0.39, 0.29) is 18.3 Å². The first-order valence-corrected chi connectivity index (χ1v) is 11.1. The van der Waals surface area contributed by atoms with E-state index in [0.29, 0.717) is 17.1 Å². The van der Waals surface area contributed by atoms with Gasteiger partial charge in [0.05, 0.1) is 11.2 Å². The number of hydrogen-bond acceptors (Lipinski definition) is 3. The molecule has 4 heteroatoms. The number of fused-ring (bicyclic) bond motifs is 3. The van der Waals surface area contributed by atoms with Gasteiger partial charge in [0.2, 0.25) is 0 Å². The summed E-state index contributed by atoms with van der Waals surface area (Å²) in [5.74, 6) is 0.903. The van der Waals surface area contributed by atoms with Crippen molar-refractivity contribution in [1.82, 2.24) is 0 Å². The molecule has 1 aromatic carbocycles. The van der Waals surface area contributed by atoms with Crippen molar-refractivity contribution in [3.63, 3.8) is 0 Å². The van der Waals surface area contributed by atoms with Crippen molar-refractivity contribution in [2.45, 2.75) is 67.3 Å². The lowest BCUT2D eigenvalue weighted by molar-refractivity contribution is 0.00578. The monoisotopic (exact) mass is 390 g/mol. The Morgan fingerprint density at radius 3 is 2.57 bits per heavy atom. The van der Waals surface area contributed by atoms with Gasteiger partial charge >= 0.3 is 7.12 Å². The number of benzene rings is 1. The number of hydrogen-bond donors (Lipinski definition) is 0. The summed E-state index contributed by atoms with van der Waals surface area (Å²) in [4.78, 5) is 1.43. The Bertz CT molecular complexity index is 909. The van der Waals surface area contributed by atoms with Gasteiger partial charge in [0.25, 0.3) is 0 Å². The van der Waals surface area contributed by atoms with Gasteiger partial charge in [-0.15, -0.1) is 11.8 Å². The molecule has 0 bridgehead atoms. The molecule has 28 heavy (non-hydrogen) atoms. The van der Waals surface area contributed by atoms with Gasteiger partial charge in [-0.25, -0.2) is 0 Å². The van der Waals surface area contributed by atoms with Gasteiger partial charge in [0.15, 0.2) is 0 Å². The van der Waals surface area contributed by atoms with Crippen molar-refractivity contribution >= 4 is 18.9 Å². The lowest BCUT2D eigenvalue weighted by atomic mass is 9.72. The third-order valence-corrected chi connectivity index (χ3v) is 8.12. The fraction of sp³-hybridized carbons (Fsp3) is 0.417. The highest BCUT2D eigenvalue weighted by molar-refractivity contribution is 8.00. The summed E-state index contributed by atoms with van der Waals surface area (Å²) in [5, 5.41) is 0.553. The highest BCUT2D eigenvalue weighted by atomic mass is 32.2. The van der Waals surface area contributed by atoms with Crippen LogP contribution in [0.1, 0.15) is 57.1 Å². The summed E-state index contributed by atoms with van der Waals surface area (Å²) >= 11 is 2.00. The standard InChI is InChI=1S/C24H27BO2S/c1-23(2)24(3,4)27-25(26-23)18-9-7-8-16(14-18)17-12-13-20-19-10-5-6-11-21(19)28-22(20)15-17/h5-7,9-16,19,21H,8H2,1-4H3. The Balaban J connectivity index is 1.40. The van der Waals surface area contributed by atoms with E-state index in [4.69, 9.17) is 9.31 Å². The summed E-state index contributed by atoms with van der Waals surface area (Å²) in [6, 6.07) is 7.06. The second-order valence-electron chi connectivity index (χ2n) is 9.17. The van der Waals surface area contributed by atoms with E-state index in [1.807, 2.05) is 11.8 Å². The molecule has 0 N–H and O–H groups in total. The van der Waals surface area contributed by atoms with Crippen LogP contribution in [-0.4, -0.2) is 23.6 Å². The Labute approximate surface area is 172 Å². The minimum atomic E-state index is -0.305. The van der Waals surface area contributed by atoms with Gasteiger partial charge in [0.1, 0.15) is 0 Å². The maximum Gasteiger partial charge on any atom is 0.494 e. The Hall–Kier alpha value is -1.49. The maximum absolute atomic E-state index is 6.26. The van der Waals surface area contributed by atoms with E-state index in [9.17, 15) is 0 Å². The smallest absolute Gasteiger partial charge is 0.399 e. The van der Waals surface area contributed by atoms with E-state index < -0.39 is 0 Å². The average molecular weight is 390 g/mol. The molecule has 0 amide bonds. The topological polar surface area (TPSA) is 18.5 Å². The molecule has 2 aliphatic carbocycles. The third kappa shape index (κ3) is 2.97. The van der Waals surface area contributed by atoms with Crippen LogP contribution < -0.4 is 0 Å². The van der Waals surface area contributed by atoms with E-state index in [1.165, 1.54) is 16.0 Å². The van der Waals surface area contributed by atoms with E-state index >= 15 is 0 Å². The molecule has 2 nitrogen and oxygen atoms in total. The molecule has 4 aliphatic rings. The number of rotatable bonds is 2. The lowest BCUT2D eigenvalue weighted by Gasteiger charge is -2.32. The molecular formula is C24H27BO2S. The van der Waals surface area contributed by atoms with Gasteiger partial charge in [-0.3, -0.25) is 0 Å². The van der Waals surface area contributed by atoms with E-state index in [2.05, 4.69) is 88.4 Å². The summed E-state index contributed by atoms with van der Waals surface area (Å²) in [6.07, 6.45) is 16.8. The van der Waals surface area contributed by atoms with Gasteiger partial charge in [-0.1, -0.05) is 54.7 Å². The average Bonchev–Trinajstić information content (AvgIpc) is 3.15. The first kappa shape index (κ1) is 18.5. The molecule has 1 aromatic rings. The van der Waals surface area contributed by atoms with Crippen molar-refractivity contribution < 1.29 is 9.31 Å². The van der Waals surface area contributed by atoms with Gasteiger partial charge < -0.3 is 9.31 Å². The van der Waals surface area contributed by atoms with Crippen molar-refractivity contribution in [1.29, 1.82) is 0 Å². The zero-order valence-corrected chi connectivity index (χ0v) is 17.8. The number of thioether (sulfide) groups is 1. The zero-order valence-electron chi connectivity index (χ0n) is 17.0. The molecule has 5 rings (SSSR count). The highest BCUT2D eigenvalue weighted by Gasteiger charge is 2.52. The fourth-order valence-corrected chi connectivity index (χ4v) is 5.75. The van der Waals surface area contributed by atoms with Crippen molar-refractivity contribution in [2.75, 3.05) is 0 Å². The second-order valence-corrected chi connectivity index (χ2v) is 10.4. The molecular weight excluding hydrogens is 363 g/mol. The lowest BCUT2D eigenvalue weighted by Crippen LogP contribution is -2.41. The molecule has 0 spiro atoms. The molecule has 144 valence electrons. The largest absolute Gasteiger partial charge is 0.494 e.